The molecule has 0 fully saturated rings. The minimum absolute atomic E-state index is 0.309. The molecular weight excluding hydrogens is 262 g/mol. The maximum Gasteiger partial charge on any atom is 0.289 e. The fourth-order valence-electron chi connectivity index (χ4n) is 2.10. The Hall–Kier alpha value is -2.49. The SMILES string of the molecule is C/C(=N/NC(=O)c1ccccn1)c1cc(C)c(C)cc1C. The Morgan fingerprint density at radius 1 is 1.10 bits per heavy atom. The molecule has 0 aliphatic heterocycles. The minimum atomic E-state index is -0.309. The quantitative estimate of drug-likeness (QED) is 0.694. The molecule has 0 saturated heterocycles. The molecule has 1 amide bonds. The van der Waals surface area contributed by atoms with Crippen molar-refractivity contribution in [3.05, 3.63) is 64.5 Å². The minimum Gasteiger partial charge on any atom is -0.266 e. The Balaban J connectivity index is 2.19. The molecule has 2 rings (SSSR count). The summed E-state index contributed by atoms with van der Waals surface area (Å²) in [6, 6.07) is 9.41. The molecule has 0 aliphatic carbocycles. The molecule has 0 saturated carbocycles. The van der Waals surface area contributed by atoms with Gasteiger partial charge < -0.3 is 0 Å². The molecule has 4 heteroatoms. The molecule has 0 atom stereocenters. The highest BCUT2D eigenvalue weighted by atomic mass is 16.2. The van der Waals surface area contributed by atoms with Gasteiger partial charge in [-0.3, -0.25) is 9.78 Å². The van der Waals surface area contributed by atoms with Gasteiger partial charge in [0.25, 0.3) is 5.91 Å². The molecule has 0 aliphatic rings. The van der Waals surface area contributed by atoms with Crippen molar-refractivity contribution >= 4 is 11.6 Å². The molecule has 1 N–H and O–H groups in total. The number of carbonyl (C=O) groups excluding carboxylic acids is 1. The van der Waals surface area contributed by atoms with Gasteiger partial charge in [-0.25, -0.2) is 5.43 Å². The maximum atomic E-state index is 11.9. The van der Waals surface area contributed by atoms with Gasteiger partial charge in [-0.2, -0.15) is 5.10 Å². The Labute approximate surface area is 124 Å². The van der Waals surface area contributed by atoms with Gasteiger partial charge in [0.1, 0.15) is 5.69 Å². The van der Waals surface area contributed by atoms with Crippen molar-refractivity contribution in [3.63, 3.8) is 0 Å². The molecule has 2 aromatic rings. The molecule has 4 nitrogen and oxygen atoms in total. The summed E-state index contributed by atoms with van der Waals surface area (Å²) in [5.74, 6) is -0.309. The van der Waals surface area contributed by atoms with Crippen LogP contribution in [0.25, 0.3) is 0 Å². The monoisotopic (exact) mass is 281 g/mol. The predicted molar refractivity (Wildman–Crippen MR) is 84.6 cm³/mol. The second kappa shape index (κ2) is 6.31. The summed E-state index contributed by atoms with van der Waals surface area (Å²) in [5, 5.41) is 4.18. The first kappa shape index (κ1) is 14.9. The maximum absolute atomic E-state index is 11.9. The van der Waals surface area contributed by atoms with Crippen LogP contribution in [0.5, 0.6) is 0 Å². The normalized spacial score (nSPS) is 11.3. The molecule has 1 heterocycles. The zero-order valence-electron chi connectivity index (χ0n) is 12.8. The zero-order chi connectivity index (χ0) is 15.4. The summed E-state index contributed by atoms with van der Waals surface area (Å²) in [7, 11) is 0. The van der Waals surface area contributed by atoms with Crippen LogP contribution in [0.4, 0.5) is 0 Å². The number of rotatable bonds is 3. The Bertz CT molecular complexity index is 691. The van der Waals surface area contributed by atoms with Crippen LogP contribution in [-0.4, -0.2) is 16.6 Å². The number of carbonyl (C=O) groups is 1. The third-order valence-electron chi connectivity index (χ3n) is 3.45. The van der Waals surface area contributed by atoms with Gasteiger partial charge in [-0.15, -0.1) is 0 Å². The Morgan fingerprint density at radius 2 is 1.81 bits per heavy atom. The van der Waals surface area contributed by atoms with E-state index in [1.807, 2.05) is 13.8 Å². The lowest BCUT2D eigenvalue weighted by Crippen LogP contribution is -2.20. The summed E-state index contributed by atoms with van der Waals surface area (Å²) >= 11 is 0. The molecule has 0 unspecified atom stereocenters. The van der Waals surface area contributed by atoms with E-state index in [0.29, 0.717) is 5.69 Å². The van der Waals surface area contributed by atoms with E-state index in [1.165, 1.54) is 11.1 Å². The van der Waals surface area contributed by atoms with Crippen LogP contribution in [0.2, 0.25) is 0 Å². The topological polar surface area (TPSA) is 54.4 Å². The number of aromatic nitrogens is 1. The van der Waals surface area contributed by atoms with Crippen LogP contribution in [0, 0.1) is 20.8 Å². The largest absolute Gasteiger partial charge is 0.289 e. The summed E-state index contributed by atoms with van der Waals surface area (Å²) in [6.45, 7) is 8.08. The Morgan fingerprint density at radius 3 is 2.48 bits per heavy atom. The average Bonchev–Trinajstić information content (AvgIpc) is 2.49. The van der Waals surface area contributed by atoms with Crippen LogP contribution < -0.4 is 5.43 Å². The van der Waals surface area contributed by atoms with Crippen LogP contribution in [-0.2, 0) is 0 Å². The van der Waals surface area contributed by atoms with Crippen LogP contribution in [0.3, 0.4) is 0 Å². The molecule has 1 aromatic heterocycles. The van der Waals surface area contributed by atoms with Crippen molar-refractivity contribution in [2.75, 3.05) is 0 Å². The number of hydrogen-bond donors (Lipinski definition) is 1. The number of hydrazone groups is 1. The van der Waals surface area contributed by atoms with Gasteiger partial charge in [-0.05, 0) is 62.6 Å². The van der Waals surface area contributed by atoms with Gasteiger partial charge in [0.05, 0.1) is 5.71 Å². The summed E-state index contributed by atoms with van der Waals surface area (Å²) < 4.78 is 0. The Kier molecular flexibility index (Phi) is 4.48. The fraction of sp³-hybridized carbons (Fsp3) is 0.235. The van der Waals surface area contributed by atoms with E-state index in [9.17, 15) is 4.79 Å². The molecular formula is C17H19N3O. The van der Waals surface area contributed by atoms with Crippen molar-refractivity contribution in [2.24, 2.45) is 5.10 Å². The highest BCUT2D eigenvalue weighted by molar-refractivity contribution is 6.01. The summed E-state index contributed by atoms with van der Waals surface area (Å²) in [4.78, 5) is 15.9. The van der Waals surface area contributed by atoms with Crippen molar-refractivity contribution in [1.29, 1.82) is 0 Å². The molecule has 0 bridgehead atoms. The lowest BCUT2D eigenvalue weighted by atomic mass is 9.98. The van der Waals surface area contributed by atoms with E-state index in [4.69, 9.17) is 0 Å². The number of pyridine rings is 1. The standard InChI is InChI=1S/C17H19N3O/c1-11-9-13(3)15(10-12(11)2)14(4)19-20-17(21)16-7-5-6-8-18-16/h5-10H,1-4H3,(H,20,21)/b19-14-. The first-order valence-corrected chi connectivity index (χ1v) is 6.83. The second-order valence-corrected chi connectivity index (χ2v) is 5.10. The first-order valence-electron chi connectivity index (χ1n) is 6.83. The van der Waals surface area contributed by atoms with Crippen LogP contribution in [0.1, 0.15) is 39.7 Å². The van der Waals surface area contributed by atoms with Gasteiger partial charge in [-0.1, -0.05) is 12.1 Å². The van der Waals surface area contributed by atoms with Gasteiger partial charge in [0.2, 0.25) is 0 Å². The molecule has 108 valence electrons. The van der Waals surface area contributed by atoms with Crippen molar-refractivity contribution in [2.45, 2.75) is 27.7 Å². The summed E-state index contributed by atoms with van der Waals surface area (Å²) in [5.41, 5.74) is 8.32. The van der Waals surface area contributed by atoms with E-state index in [0.717, 1.165) is 16.8 Å². The predicted octanol–water partition coefficient (Wildman–Crippen LogP) is 3.16. The highest BCUT2D eigenvalue weighted by Gasteiger charge is 2.07. The number of amides is 1. The number of nitrogens with zero attached hydrogens (tertiary/aromatic N) is 2. The van der Waals surface area contributed by atoms with Gasteiger partial charge in [0, 0.05) is 11.8 Å². The number of nitrogens with one attached hydrogen (secondary N) is 1. The van der Waals surface area contributed by atoms with Crippen LogP contribution in [0.15, 0.2) is 41.6 Å². The second-order valence-electron chi connectivity index (χ2n) is 5.10. The first-order chi connectivity index (χ1) is 9.99. The van der Waals surface area contributed by atoms with E-state index in [1.54, 1.807) is 24.4 Å². The van der Waals surface area contributed by atoms with E-state index in [2.05, 4.69) is 41.5 Å². The average molecular weight is 281 g/mol. The van der Waals surface area contributed by atoms with Crippen molar-refractivity contribution in [3.8, 4) is 0 Å². The van der Waals surface area contributed by atoms with Crippen molar-refractivity contribution < 1.29 is 4.79 Å². The van der Waals surface area contributed by atoms with E-state index >= 15 is 0 Å². The molecule has 21 heavy (non-hydrogen) atoms. The van der Waals surface area contributed by atoms with Crippen molar-refractivity contribution in [1.82, 2.24) is 10.4 Å². The molecule has 1 aromatic carbocycles. The van der Waals surface area contributed by atoms with Gasteiger partial charge in [0.15, 0.2) is 0 Å². The summed E-state index contributed by atoms with van der Waals surface area (Å²) in [6.07, 6.45) is 1.58. The molecule has 0 spiro atoms. The third-order valence-corrected chi connectivity index (χ3v) is 3.45. The van der Waals surface area contributed by atoms with E-state index in [-0.39, 0.29) is 5.91 Å². The van der Waals surface area contributed by atoms with E-state index < -0.39 is 0 Å². The number of aryl methyl sites for hydroxylation is 3. The van der Waals surface area contributed by atoms with Gasteiger partial charge >= 0.3 is 0 Å². The highest BCUT2D eigenvalue weighted by Crippen LogP contribution is 2.16. The smallest absolute Gasteiger partial charge is 0.266 e. The fourth-order valence-corrected chi connectivity index (χ4v) is 2.10. The number of benzene rings is 1. The lowest BCUT2D eigenvalue weighted by molar-refractivity contribution is 0.0950. The third kappa shape index (κ3) is 3.54. The zero-order valence-corrected chi connectivity index (χ0v) is 12.8. The van der Waals surface area contributed by atoms with Crippen LogP contribution >= 0.6 is 0 Å². The molecule has 0 radical (unpaired) electrons. The lowest BCUT2D eigenvalue weighted by Gasteiger charge is -2.09. The number of hydrogen-bond acceptors (Lipinski definition) is 3.